The summed E-state index contributed by atoms with van der Waals surface area (Å²) in [5.74, 6) is 0.833. The molecule has 152 valence electrons. The molecular weight excluding hydrogens is 445 g/mol. The van der Waals surface area contributed by atoms with Gasteiger partial charge in [0.1, 0.15) is 6.54 Å². The van der Waals surface area contributed by atoms with Gasteiger partial charge in [-0.1, -0.05) is 12.8 Å². The van der Waals surface area contributed by atoms with E-state index in [-0.39, 0.29) is 36.4 Å². The number of aliphatic imine (C=N–C) groups is 1. The van der Waals surface area contributed by atoms with Crippen molar-refractivity contribution in [2.24, 2.45) is 4.99 Å². The molecule has 1 saturated heterocycles. The molecule has 0 aromatic rings. The Balaban J connectivity index is 0.00000338. The van der Waals surface area contributed by atoms with E-state index in [9.17, 15) is 4.79 Å². The normalized spacial score (nSPS) is 19.9. The molecule has 0 aromatic carbocycles. The fourth-order valence-corrected chi connectivity index (χ4v) is 3.40. The average Bonchev–Trinajstić information content (AvgIpc) is 3.11. The first-order valence-corrected chi connectivity index (χ1v) is 9.57. The monoisotopic (exact) mass is 481 g/mol. The number of hydrogen-bond donors (Lipinski definition) is 2. The number of rotatable bonds is 7. The largest absolute Gasteiger partial charge is 0.383 e. The zero-order valence-electron chi connectivity index (χ0n) is 16.5. The molecule has 1 heterocycles. The van der Waals surface area contributed by atoms with E-state index in [1.165, 1.54) is 25.7 Å². The molecular formula is C18H36IN5O2. The minimum absolute atomic E-state index is 0. The van der Waals surface area contributed by atoms with Gasteiger partial charge in [0.15, 0.2) is 5.96 Å². The number of hydrogen-bond acceptors (Lipinski definition) is 4. The highest BCUT2D eigenvalue weighted by atomic mass is 127. The highest BCUT2D eigenvalue weighted by Gasteiger charge is 2.22. The lowest BCUT2D eigenvalue weighted by atomic mass is 10.1. The molecule has 1 amide bonds. The number of ether oxygens (including phenoxy) is 1. The van der Waals surface area contributed by atoms with Crippen LogP contribution < -0.4 is 10.6 Å². The number of likely N-dealkylation sites (N-methyl/N-ethyl adjacent to an activating group) is 1. The summed E-state index contributed by atoms with van der Waals surface area (Å²) in [6, 6.07) is 0.906. The Morgan fingerprint density at radius 2 is 1.69 bits per heavy atom. The third-order valence-corrected chi connectivity index (χ3v) is 5.11. The van der Waals surface area contributed by atoms with Crippen molar-refractivity contribution >= 4 is 35.8 Å². The summed E-state index contributed by atoms with van der Waals surface area (Å²) >= 11 is 0. The molecule has 0 aromatic heterocycles. The Labute approximate surface area is 175 Å². The molecule has 0 unspecified atom stereocenters. The Morgan fingerprint density at radius 3 is 2.23 bits per heavy atom. The van der Waals surface area contributed by atoms with E-state index in [4.69, 9.17) is 4.74 Å². The van der Waals surface area contributed by atoms with Crippen molar-refractivity contribution in [1.29, 1.82) is 0 Å². The fraction of sp³-hybridized carbons (Fsp3) is 0.889. The van der Waals surface area contributed by atoms with Gasteiger partial charge >= 0.3 is 0 Å². The molecule has 7 nitrogen and oxygen atoms in total. The van der Waals surface area contributed by atoms with Gasteiger partial charge in [0, 0.05) is 52.9 Å². The smallest absolute Gasteiger partial charge is 0.243 e. The first-order chi connectivity index (χ1) is 12.1. The summed E-state index contributed by atoms with van der Waals surface area (Å²) < 4.78 is 5.16. The molecule has 2 rings (SSSR count). The van der Waals surface area contributed by atoms with Crippen molar-refractivity contribution in [2.75, 3.05) is 54.0 Å². The van der Waals surface area contributed by atoms with Crippen LogP contribution in [0.5, 0.6) is 0 Å². The summed E-state index contributed by atoms with van der Waals surface area (Å²) in [7, 11) is 5.29. The van der Waals surface area contributed by atoms with Crippen LogP contribution in [0.3, 0.4) is 0 Å². The molecule has 1 aliphatic heterocycles. The molecule has 1 saturated carbocycles. The highest BCUT2D eigenvalue weighted by molar-refractivity contribution is 14.0. The standard InChI is InChI=1S/C18H35N5O2.HI/c1-22(2)17(24)14-19-18(20-15-6-4-5-7-15)21-16-8-10-23(11-9-16)12-13-25-3;/h15-16H,4-14H2,1-3H3,(H2,19,20,21);1H. The Morgan fingerprint density at radius 1 is 1.12 bits per heavy atom. The van der Waals surface area contributed by atoms with Gasteiger partial charge in [-0.05, 0) is 25.7 Å². The average molecular weight is 481 g/mol. The number of nitrogens with one attached hydrogen (secondary N) is 2. The summed E-state index contributed by atoms with van der Waals surface area (Å²) in [5.41, 5.74) is 0. The molecule has 8 heteroatoms. The van der Waals surface area contributed by atoms with Crippen molar-refractivity contribution in [3.05, 3.63) is 0 Å². The van der Waals surface area contributed by atoms with Gasteiger partial charge in [0.25, 0.3) is 0 Å². The van der Waals surface area contributed by atoms with Crippen molar-refractivity contribution in [2.45, 2.75) is 50.6 Å². The summed E-state index contributed by atoms with van der Waals surface area (Å²) in [5, 5.41) is 7.10. The third kappa shape index (κ3) is 8.39. The summed E-state index contributed by atoms with van der Waals surface area (Å²) in [6.45, 7) is 4.15. The van der Waals surface area contributed by atoms with Crippen LogP contribution in [0.2, 0.25) is 0 Å². The molecule has 0 atom stereocenters. The lowest BCUT2D eigenvalue weighted by Crippen LogP contribution is -2.51. The lowest BCUT2D eigenvalue weighted by molar-refractivity contribution is -0.127. The van der Waals surface area contributed by atoms with E-state index in [1.54, 1.807) is 26.1 Å². The fourth-order valence-electron chi connectivity index (χ4n) is 3.40. The van der Waals surface area contributed by atoms with Gasteiger partial charge in [-0.2, -0.15) is 0 Å². The van der Waals surface area contributed by atoms with Crippen molar-refractivity contribution in [3.63, 3.8) is 0 Å². The second kappa shape index (κ2) is 12.7. The maximum atomic E-state index is 11.9. The van der Waals surface area contributed by atoms with Crippen LogP contribution in [0.4, 0.5) is 0 Å². The Bertz CT molecular complexity index is 433. The van der Waals surface area contributed by atoms with Crippen molar-refractivity contribution in [3.8, 4) is 0 Å². The molecule has 2 fully saturated rings. The number of methoxy groups -OCH3 is 1. The number of halogens is 1. The van der Waals surface area contributed by atoms with Crippen LogP contribution in [0.25, 0.3) is 0 Å². The predicted octanol–water partition coefficient (Wildman–Crippen LogP) is 1.28. The molecule has 0 bridgehead atoms. The van der Waals surface area contributed by atoms with Crippen molar-refractivity contribution < 1.29 is 9.53 Å². The van der Waals surface area contributed by atoms with Gasteiger partial charge < -0.3 is 25.2 Å². The van der Waals surface area contributed by atoms with Crippen LogP contribution in [0, 0.1) is 0 Å². The molecule has 0 spiro atoms. The van der Waals surface area contributed by atoms with Crippen LogP contribution in [-0.2, 0) is 9.53 Å². The van der Waals surface area contributed by atoms with Gasteiger partial charge in [-0.25, -0.2) is 4.99 Å². The topological polar surface area (TPSA) is 69.2 Å². The van der Waals surface area contributed by atoms with E-state index in [0.717, 1.165) is 45.0 Å². The first-order valence-electron chi connectivity index (χ1n) is 9.57. The van der Waals surface area contributed by atoms with Crippen LogP contribution >= 0.6 is 24.0 Å². The molecule has 2 aliphatic rings. The second-order valence-electron chi connectivity index (χ2n) is 7.33. The van der Waals surface area contributed by atoms with E-state index >= 15 is 0 Å². The predicted molar refractivity (Wildman–Crippen MR) is 116 cm³/mol. The van der Waals surface area contributed by atoms with Gasteiger partial charge in [0.2, 0.25) is 5.91 Å². The van der Waals surface area contributed by atoms with Gasteiger partial charge in [-0.15, -0.1) is 24.0 Å². The molecule has 1 aliphatic carbocycles. The van der Waals surface area contributed by atoms with E-state index < -0.39 is 0 Å². The third-order valence-electron chi connectivity index (χ3n) is 5.11. The number of nitrogens with zero attached hydrogens (tertiary/aromatic N) is 3. The number of guanidine groups is 1. The molecule has 26 heavy (non-hydrogen) atoms. The maximum absolute atomic E-state index is 11.9. The SMILES string of the molecule is COCCN1CCC(NC(=NCC(=O)N(C)C)NC2CCCC2)CC1.I. The molecule has 2 N–H and O–H groups in total. The van der Waals surface area contributed by atoms with Crippen LogP contribution in [0.1, 0.15) is 38.5 Å². The van der Waals surface area contributed by atoms with Gasteiger partial charge in [-0.3, -0.25) is 4.79 Å². The quantitative estimate of drug-likeness (QED) is 0.326. The van der Waals surface area contributed by atoms with Gasteiger partial charge in [0.05, 0.1) is 6.61 Å². The van der Waals surface area contributed by atoms with Crippen molar-refractivity contribution in [1.82, 2.24) is 20.4 Å². The minimum Gasteiger partial charge on any atom is -0.383 e. The number of piperidine rings is 1. The lowest BCUT2D eigenvalue weighted by Gasteiger charge is -2.33. The maximum Gasteiger partial charge on any atom is 0.243 e. The number of amides is 1. The minimum atomic E-state index is 0. The second-order valence-corrected chi connectivity index (χ2v) is 7.33. The summed E-state index contributed by atoms with van der Waals surface area (Å²) in [6.07, 6.45) is 7.13. The first kappa shape index (κ1) is 23.4. The number of carbonyl (C=O) groups excluding carboxylic acids is 1. The zero-order valence-corrected chi connectivity index (χ0v) is 18.8. The van der Waals surface area contributed by atoms with Crippen LogP contribution in [-0.4, -0.2) is 87.7 Å². The van der Waals surface area contributed by atoms with Crippen LogP contribution in [0.15, 0.2) is 4.99 Å². The van der Waals surface area contributed by atoms with E-state index in [2.05, 4.69) is 20.5 Å². The Kier molecular flexibility index (Phi) is 11.5. The van der Waals surface area contributed by atoms with E-state index in [0.29, 0.717) is 12.1 Å². The highest BCUT2D eigenvalue weighted by Crippen LogP contribution is 2.17. The number of carbonyl (C=O) groups is 1. The number of likely N-dealkylation sites (tertiary alicyclic amines) is 1. The zero-order chi connectivity index (χ0) is 18.1. The van der Waals surface area contributed by atoms with E-state index in [1.807, 2.05) is 0 Å². The molecule has 0 radical (unpaired) electrons. The summed E-state index contributed by atoms with van der Waals surface area (Å²) in [4.78, 5) is 20.4. The Hall–Kier alpha value is -0.610.